The first-order valence-electron chi connectivity index (χ1n) is 2.97. The van der Waals surface area contributed by atoms with Gasteiger partial charge in [0, 0.05) is 11.6 Å². The third kappa shape index (κ3) is 1.38. The average Bonchev–Trinajstić information content (AvgIpc) is 2.37. The van der Waals surface area contributed by atoms with E-state index in [1.165, 1.54) is 24.5 Å². The lowest BCUT2D eigenvalue weighted by Crippen LogP contribution is -2.41. The Morgan fingerprint density at radius 1 is 1.91 bits per heavy atom. The zero-order chi connectivity index (χ0) is 8.48. The van der Waals surface area contributed by atoms with E-state index < -0.39 is 11.5 Å². The van der Waals surface area contributed by atoms with Gasteiger partial charge in [0.05, 0.1) is 0 Å². The Balaban J connectivity index is 3.00. The first-order chi connectivity index (χ1) is 5.05. The van der Waals surface area contributed by atoms with Gasteiger partial charge in [0.1, 0.15) is 5.01 Å². The highest BCUT2D eigenvalue weighted by atomic mass is 32.1. The minimum atomic E-state index is -1.35. The summed E-state index contributed by atoms with van der Waals surface area (Å²) < 4.78 is 0. The summed E-state index contributed by atoms with van der Waals surface area (Å²) in [5, 5.41) is 10.8. The summed E-state index contributed by atoms with van der Waals surface area (Å²) in [6.07, 6.45) is 1.54. The van der Waals surface area contributed by atoms with Gasteiger partial charge in [-0.2, -0.15) is 0 Å². The number of nitrogens with two attached hydrogens (primary N) is 1. The third-order valence-electron chi connectivity index (χ3n) is 1.32. The minimum Gasteiger partial charge on any atom is -0.480 e. The van der Waals surface area contributed by atoms with Crippen LogP contribution in [0.3, 0.4) is 0 Å². The Hall–Kier alpha value is -0.940. The van der Waals surface area contributed by atoms with Crippen LogP contribution in [0.4, 0.5) is 0 Å². The molecule has 1 aromatic heterocycles. The van der Waals surface area contributed by atoms with Gasteiger partial charge >= 0.3 is 5.97 Å². The van der Waals surface area contributed by atoms with Crippen LogP contribution in [0.1, 0.15) is 11.9 Å². The fraction of sp³-hybridized carbons (Fsp3) is 0.333. The quantitative estimate of drug-likeness (QED) is 0.677. The molecule has 0 radical (unpaired) electrons. The molecular weight excluding hydrogens is 164 g/mol. The van der Waals surface area contributed by atoms with Crippen molar-refractivity contribution in [3.8, 4) is 0 Å². The Bertz CT molecular complexity index is 256. The molecule has 5 heteroatoms. The molecule has 1 aromatic rings. The van der Waals surface area contributed by atoms with Crippen LogP contribution >= 0.6 is 11.3 Å². The lowest BCUT2D eigenvalue weighted by molar-refractivity contribution is -0.143. The van der Waals surface area contributed by atoms with Gasteiger partial charge in [-0.05, 0) is 6.92 Å². The van der Waals surface area contributed by atoms with E-state index in [0.717, 1.165) is 0 Å². The number of rotatable bonds is 2. The van der Waals surface area contributed by atoms with E-state index >= 15 is 0 Å². The fourth-order valence-electron chi connectivity index (χ4n) is 0.571. The molecule has 0 aromatic carbocycles. The molecule has 0 saturated carbocycles. The number of aliphatic carboxylic acids is 1. The summed E-state index contributed by atoms with van der Waals surface area (Å²) in [6.45, 7) is 1.42. The number of thiazole rings is 1. The number of aromatic nitrogens is 1. The summed E-state index contributed by atoms with van der Waals surface area (Å²) in [4.78, 5) is 14.4. The molecule has 11 heavy (non-hydrogen) atoms. The second-order valence-corrected chi connectivity index (χ2v) is 3.24. The van der Waals surface area contributed by atoms with E-state index in [4.69, 9.17) is 10.8 Å². The molecule has 1 heterocycles. The van der Waals surface area contributed by atoms with Gasteiger partial charge < -0.3 is 10.8 Å². The number of carbonyl (C=O) groups is 1. The molecule has 0 aliphatic heterocycles. The van der Waals surface area contributed by atoms with Crippen molar-refractivity contribution >= 4 is 17.3 Å². The van der Waals surface area contributed by atoms with Crippen LogP contribution in [0.15, 0.2) is 11.6 Å². The molecule has 3 N–H and O–H groups in total. The van der Waals surface area contributed by atoms with E-state index in [9.17, 15) is 4.79 Å². The predicted octanol–water partition coefficient (Wildman–Crippen LogP) is 0.402. The molecule has 1 rings (SSSR count). The Morgan fingerprint density at radius 2 is 2.55 bits per heavy atom. The minimum absolute atomic E-state index is 0.421. The lowest BCUT2D eigenvalue weighted by atomic mass is 10.1. The first-order valence-corrected chi connectivity index (χ1v) is 3.85. The normalized spacial score (nSPS) is 15.8. The largest absolute Gasteiger partial charge is 0.480 e. The van der Waals surface area contributed by atoms with Gasteiger partial charge in [0.15, 0.2) is 5.54 Å². The smallest absolute Gasteiger partial charge is 0.330 e. The molecule has 0 aliphatic rings. The topological polar surface area (TPSA) is 76.2 Å². The Labute approximate surface area is 67.7 Å². The van der Waals surface area contributed by atoms with Crippen molar-refractivity contribution in [3.05, 3.63) is 16.6 Å². The van der Waals surface area contributed by atoms with Crippen LogP contribution < -0.4 is 5.73 Å². The standard InChI is InChI=1S/C6H8N2O2S/c1-6(7,5(9)10)4-8-2-3-11-4/h2-3H,7H2,1H3,(H,9,10)/t6-/m1/s1. The third-order valence-corrected chi connectivity index (χ3v) is 2.33. The average molecular weight is 172 g/mol. The van der Waals surface area contributed by atoms with Crippen molar-refractivity contribution in [2.24, 2.45) is 5.73 Å². The number of nitrogens with zero attached hydrogens (tertiary/aromatic N) is 1. The maximum atomic E-state index is 10.6. The highest BCUT2D eigenvalue weighted by Gasteiger charge is 2.32. The summed E-state index contributed by atoms with van der Waals surface area (Å²) in [6, 6.07) is 0. The monoisotopic (exact) mass is 172 g/mol. The highest BCUT2D eigenvalue weighted by molar-refractivity contribution is 7.09. The molecule has 0 fully saturated rings. The van der Waals surface area contributed by atoms with Crippen LogP contribution in [-0.2, 0) is 10.3 Å². The number of carboxylic acids is 1. The molecule has 60 valence electrons. The lowest BCUT2D eigenvalue weighted by Gasteiger charge is -2.14. The number of carboxylic acid groups (broad SMARTS) is 1. The van der Waals surface area contributed by atoms with Crippen LogP contribution in [-0.4, -0.2) is 16.1 Å². The van der Waals surface area contributed by atoms with Crippen molar-refractivity contribution < 1.29 is 9.90 Å². The summed E-state index contributed by atoms with van der Waals surface area (Å²) in [5.41, 5.74) is 4.12. The van der Waals surface area contributed by atoms with Crippen molar-refractivity contribution in [1.29, 1.82) is 0 Å². The molecule has 0 unspecified atom stereocenters. The van der Waals surface area contributed by atoms with Gasteiger partial charge in [-0.1, -0.05) is 0 Å². The van der Waals surface area contributed by atoms with Crippen molar-refractivity contribution in [2.45, 2.75) is 12.5 Å². The van der Waals surface area contributed by atoms with E-state index in [0.29, 0.717) is 5.01 Å². The molecule has 4 nitrogen and oxygen atoms in total. The molecule has 0 amide bonds. The van der Waals surface area contributed by atoms with Crippen molar-refractivity contribution in [2.75, 3.05) is 0 Å². The maximum Gasteiger partial charge on any atom is 0.330 e. The van der Waals surface area contributed by atoms with Gasteiger partial charge in [-0.15, -0.1) is 11.3 Å². The second kappa shape index (κ2) is 2.60. The Kier molecular flexibility index (Phi) is 1.92. The molecular formula is C6H8N2O2S. The molecule has 0 saturated heterocycles. The summed E-state index contributed by atoms with van der Waals surface area (Å²) in [5.74, 6) is -1.06. The summed E-state index contributed by atoms with van der Waals surface area (Å²) in [7, 11) is 0. The van der Waals surface area contributed by atoms with E-state index in [1.54, 1.807) is 5.38 Å². The van der Waals surface area contributed by atoms with Crippen LogP contribution in [0.5, 0.6) is 0 Å². The highest BCUT2D eigenvalue weighted by Crippen LogP contribution is 2.19. The number of hydrogen-bond donors (Lipinski definition) is 2. The van der Waals surface area contributed by atoms with Crippen LogP contribution in [0.2, 0.25) is 0 Å². The van der Waals surface area contributed by atoms with Crippen molar-refractivity contribution in [3.63, 3.8) is 0 Å². The predicted molar refractivity (Wildman–Crippen MR) is 41.3 cm³/mol. The van der Waals surface area contributed by atoms with Crippen LogP contribution in [0, 0.1) is 0 Å². The van der Waals surface area contributed by atoms with Gasteiger partial charge in [0.2, 0.25) is 0 Å². The zero-order valence-electron chi connectivity index (χ0n) is 5.94. The first kappa shape index (κ1) is 8.16. The fourth-order valence-corrected chi connectivity index (χ4v) is 1.28. The molecule has 0 aliphatic carbocycles. The number of hydrogen-bond acceptors (Lipinski definition) is 4. The van der Waals surface area contributed by atoms with Crippen LogP contribution in [0.25, 0.3) is 0 Å². The Morgan fingerprint density at radius 3 is 2.91 bits per heavy atom. The van der Waals surface area contributed by atoms with E-state index in [-0.39, 0.29) is 0 Å². The summed E-state index contributed by atoms with van der Waals surface area (Å²) >= 11 is 1.24. The zero-order valence-corrected chi connectivity index (χ0v) is 6.76. The van der Waals surface area contributed by atoms with E-state index in [2.05, 4.69) is 4.98 Å². The second-order valence-electron chi connectivity index (χ2n) is 2.34. The van der Waals surface area contributed by atoms with Gasteiger partial charge in [-0.25, -0.2) is 9.78 Å². The van der Waals surface area contributed by atoms with E-state index in [1.807, 2.05) is 0 Å². The SMILES string of the molecule is C[C@](N)(C(=O)O)c1nccs1. The van der Waals surface area contributed by atoms with Crippen molar-refractivity contribution in [1.82, 2.24) is 4.98 Å². The van der Waals surface area contributed by atoms with Gasteiger partial charge in [-0.3, -0.25) is 0 Å². The maximum absolute atomic E-state index is 10.6. The molecule has 0 bridgehead atoms. The van der Waals surface area contributed by atoms with Gasteiger partial charge in [0.25, 0.3) is 0 Å². The molecule has 1 atom stereocenters. The molecule has 0 spiro atoms.